The minimum Gasteiger partial charge on any atom is -0.350 e. The number of aliphatic imine (C=N–C) groups is 1. The number of rotatable bonds is 4. The molecule has 0 atom stereocenters. The van der Waals surface area contributed by atoms with Gasteiger partial charge in [0.25, 0.3) is 0 Å². The third-order valence-corrected chi connectivity index (χ3v) is 3.66. The van der Waals surface area contributed by atoms with E-state index in [1.807, 2.05) is 29.9 Å². The Bertz CT molecular complexity index is 685. The van der Waals surface area contributed by atoms with E-state index in [2.05, 4.69) is 4.99 Å². The van der Waals surface area contributed by atoms with Crippen LogP contribution in [0.15, 0.2) is 52.5 Å². The summed E-state index contributed by atoms with van der Waals surface area (Å²) in [5.41, 5.74) is 1.94. The molecule has 0 saturated carbocycles. The fourth-order valence-electron chi connectivity index (χ4n) is 1.64. The lowest BCUT2D eigenvalue weighted by Crippen LogP contribution is -2.11. The van der Waals surface area contributed by atoms with Crippen molar-refractivity contribution in [2.24, 2.45) is 17.2 Å². The number of sulfonamides is 1. The first-order chi connectivity index (χ1) is 8.97. The lowest BCUT2D eigenvalue weighted by atomic mass is 10.2. The van der Waals surface area contributed by atoms with Gasteiger partial charge in [0.2, 0.25) is 10.0 Å². The third kappa shape index (κ3) is 3.52. The van der Waals surface area contributed by atoms with E-state index < -0.39 is 10.0 Å². The van der Waals surface area contributed by atoms with Crippen LogP contribution in [0, 0.1) is 0 Å². The van der Waals surface area contributed by atoms with Gasteiger partial charge in [-0.2, -0.15) is 0 Å². The van der Waals surface area contributed by atoms with Gasteiger partial charge in [-0.25, -0.2) is 13.6 Å². The van der Waals surface area contributed by atoms with Gasteiger partial charge >= 0.3 is 0 Å². The molecule has 0 unspecified atom stereocenters. The SMILES string of the molecule is Cn1cccc1C=NCc1ccc(S(N)(=O)=O)cc1. The molecule has 0 aliphatic heterocycles. The Morgan fingerprint density at radius 3 is 2.47 bits per heavy atom. The molecule has 2 rings (SSSR count). The molecule has 1 aromatic carbocycles. The van der Waals surface area contributed by atoms with Crippen LogP contribution in [0.1, 0.15) is 11.3 Å². The molecule has 100 valence electrons. The molecule has 1 aromatic heterocycles. The third-order valence-electron chi connectivity index (χ3n) is 2.73. The number of nitrogens with two attached hydrogens (primary N) is 1. The first-order valence-corrected chi connectivity index (χ1v) is 7.24. The van der Waals surface area contributed by atoms with Gasteiger partial charge in [0.15, 0.2) is 0 Å². The van der Waals surface area contributed by atoms with E-state index in [1.165, 1.54) is 12.1 Å². The van der Waals surface area contributed by atoms with Crippen molar-refractivity contribution in [1.82, 2.24) is 4.57 Å². The van der Waals surface area contributed by atoms with Crippen molar-refractivity contribution in [3.63, 3.8) is 0 Å². The number of aromatic nitrogens is 1. The van der Waals surface area contributed by atoms with Crippen molar-refractivity contribution in [1.29, 1.82) is 0 Å². The van der Waals surface area contributed by atoms with Crippen molar-refractivity contribution in [2.45, 2.75) is 11.4 Å². The van der Waals surface area contributed by atoms with Crippen molar-refractivity contribution in [2.75, 3.05) is 0 Å². The summed E-state index contributed by atoms with van der Waals surface area (Å²) in [6, 6.07) is 10.3. The molecule has 0 saturated heterocycles. The monoisotopic (exact) mass is 277 g/mol. The summed E-state index contributed by atoms with van der Waals surface area (Å²) in [5, 5.41) is 5.03. The Labute approximate surface area is 112 Å². The largest absolute Gasteiger partial charge is 0.350 e. The van der Waals surface area contributed by atoms with Gasteiger partial charge in [-0.1, -0.05) is 12.1 Å². The van der Waals surface area contributed by atoms with E-state index in [9.17, 15) is 8.42 Å². The van der Waals surface area contributed by atoms with Gasteiger partial charge in [-0.15, -0.1) is 0 Å². The fraction of sp³-hybridized carbons (Fsp3) is 0.154. The Morgan fingerprint density at radius 1 is 1.26 bits per heavy atom. The summed E-state index contributed by atoms with van der Waals surface area (Å²) in [4.78, 5) is 4.42. The van der Waals surface area contributed by atoms with Crippen LogP contribution in [0.2, 0.25) is 0 Å². The van der Waals surface area contributed by atoms with E-state index >= 15 is 0 Å². The second kappa shape index (κ2) is 5.38. The van der Waals surface area contributed by atoms with Crippen LogP contribution in [0.25, 0.3) is 0 Å². The minimum absolute atomic E-state index is 0.114. The maximum absolute atomic E-state index is 11.1. The molecule has 2 N–H and O–H groups in total. The zero-order chi connectivity index (χ0) is 13.9. The maximum Gasteiger partial charge on any atom is 0.238 e. The van der Waals surface area contributed by atoms with Gasteiger partial charge in [0.1, 0.15) is 0 Å². The van der Waals surface area contributed by atoms with Crippen molar-refractivity contribution in [3.8, 4) is 0 Å². The van der Waals surface area contributed by atoms with Gasteiger partial charge in [-0.3, -0.25) is 4.99 Å². The molecule has 0 bridgehead atoms. The van der Waals surface area contributed by atoms with Crippen molar-refractivity contribution >= 4 is 16.2 Å². The topological polar surface area (TPSA) is 77.5 Å². The van der Waals surface area contributed by atoms with Gasteiger partial charge < -0.3 is 4.57 Å². The van der Waals surface area contributed by atoms with Crippen LogP contribution in [-0.2, 0) is 23.6 Å². The Hall–Kier alpha value is -1.92. The summed E-state index contributed by atoms with van der Waals surface area (Å²) in [6.45, 7) is 0.496. The summed E-state index contributed by atoms with van der Waals surface area (Å²) in [5.74, 6) is 0. The Morgan fingerprint density at radius 2 is 1.95 bits per heavy atom. The zero-order valence-corrected chi connectivity index (χ0v) is 11.3. The molecule has 2 aromatic rings. The lowest BCUT2D eigenvalue weighted by Gasteiger charge is -2.00. The average Bonchev–Trinajstić information content (AvgIpc) is 2.75. The standard InChI is InChI=1S/C13H15N3O2S/c1-16-8-2-3-12(16)10-15-9-11-4-6-13(7-5-11)19(14,17)18/h2-8,10H,9H2,1H3,(H2,14,17,18). The average molecular weight is 277 g/mol. The molecule has 0 spiro atoms. The Balaban J connectivity index is 2.05. The Kier molecular flexibility index (Phi) is 3.82. The molecule has 19 heavy (non-hydrogen) atoms. The quantitative estimate of drug-likeness (QED) is 0.855. The molecular formula is C13H15N3O2S. The van der Waals surface area contributed by atoms with Gasteiger partial charge in [0.05, 0.1) is 17.1 Å². The van der Waals surface area contributed by atoms with Crippen LogP contribution in [0.3, 0.4) is 0 Å². The molecule has 5 nitrogen and oxygen atoms in total. The summed E-state index contributed by atoms with van der Waals surface area (Å²) in [7, 11) is -1.68. The van der Waals surface area contributed by atoms with Crippen LogP contribution in [0.5, 0.6) is 0 Å². The van der Waals surface area contributed by atoms with E-state index in [4.69, 9.17) is 5.14 Å². The summed E-state index contributed by atoms with van der Waals surface area (Å²) >= 11 is 0. The van der Waals surface area contributed by atoms with Crippen LogP contribution < -0.4 is 5.14 Å². The highest BCUT2D eigenvalue weighted by molar-refractivity contribution is 7.89. The second-order valence-electron chi connectivity index (χ2n) is 4.20. The first kappa shape index (κ1) is 13.5. The molecule has 0 radical (unpaired) electrons. The lowest BCUT2D eigenvalue weighted by molar-refractivity contribution is 0.598. The highest BCUT2D eigenvalue weighted by atomic mass is 32.2. The normalized spacial score (nSPS) is 12.1. The summed E-state index contributed by atoms with van der Waals surface area (Å²) in [6.07, 6.45) is 3.73. The number of benzene rings is 1. The van der Waals surface area contributed by atoms with Crippen molar-refractivity contribution in [3.05, 3.63) is 53.9 Å². The molecule has 0 fully saturated rings. The first-order valence-electron chi connectivity index (χ1n) is 5.70. The summed E-state index contributed by atoms with van der Waals surface area (Å²) < 4.78 is 24.2. The predicted molar refractivity (Wildman–Crippen MR) is 74.5 cm³/mol. The molecule has 0 amide bonds. The van der Waals surface area contributed by atoms with E-state index in [0.29, 0.717) is 6.54 Å². The van der Waals surface area contributed by atoms with E-state index in [0.717, 1.165) is 11.3 Å². The van der Waals surface area contributed by atoms with Gasteiger partial charge in [0, 0.05) is 19.5 Å². The highest BCUT2D eigenvalue weighted by Gasteiger charge is 2.06. The predicted octanol–water partition coefficient (Wildman–Crippen LogP) is 1.29. The van der Waals surface area contributed by atoms with E-state index in [-0.39, 0.29) is 4.90 Å². The number of nitrogens with zero attached hydrogens (tertiary/aromatic N) is 2. The zero-order valence-electron chi connectivity index (χ0n) is 10.5. The van der Waals surface area contributed by atoms with Crippen LogP contribution in [-0.4, -0.2) is 19.2 Å². The number of aryl methyl sites for hydroxylation is 1. The molecule has 0 aliphatic rings. The number of hydrogen-bond acceptors (Lipinski definition) is 3. The van der Waals surface area contributed by atoms with Gasteiger partial charge in [-0.05, 0) is 29.8 Å². The second-order valence-corrected chi connectivity index (χ2v) is 5.76. The minimum atomic E-state index is -3.62. The van der Waals surface area contributed by atoms with Crippen molar-refractivity contribution < 1.29 is 8.42 Å². The highest BCUT2D eigenvalue weighted by Crippen LogP contribution is 2.09. The van der Waals surface area contributed by atoms with Crippen LogP contribution >= 0.6 is 0 Å². The fourth-order valence-corrected chi connectivity index (χ4v) is 2.15. The molecular weight excluding hydrogens is 262 g/mol. The van der Waals surface area contributed by atoms with Crippen LogP contribution in [0.4, 0.5) is 0 Å². The number of primary sulfonamides is 1. The molecule has 0 aliphatic carbocycles. The van der Waals surface area contributed by atoms with E-state index in [1.54, 1.807) is 18.3 Å². The smallest absolute Gasteiger partial charge is 0.238 e. The maximum atomic E-state index is 11.1. The number of hydrogen-bond donors (Lipinski definition) is 1. The molecule has 1 heterocycles. The molecule has 6 heteroatoms.